The van der Waals surface area contributed by atoms with Gasteiger partial charge < -0.3 is 19.5 Å². The molecule has 3 saturated heterocycles. The van der Waals surface area contributed by atoms with E-state index in [-0.39, 0.29) is 65.1 Å². The van der Waals surface area contributed by atoms with Crippen LogP contribution in [0, 0.1) is 35.0 Å². The van der Waals surface area contributed by atoms with Crippen LogP contribution in [0.4, 0.5) is 0 Å². The van der Waals surface area contributed by atoms with Crippen LogP contribution in [0.2, 0.25) is 0 Å². The minimum atomic E-state index is -1.06. The Bertz CT molecular complexity index is 1150. The maximum absolute atomic E-state index is 14.4. The van der Waals surface area contributed by atoms with Gasteiger partial charge in [-0.1, -0.05) is 63.3 Å². The number of ether oxygens (including phenoxy) is 3. The van der Waals surface area contributed by atoms with Gasteiger partial charge in [-0.15, -0.1) is 0 Å². The first-order valence-electron chi connectivity index (χ1n) is 13.7. The molecule has 3 heterocycles. The van der Waals surface area contributed by atoms with Crippen molar-refractivity contribution in [1.82, 2.24) is 5.32 Å². The van der Waals surface area contributed by atoms with Crippen molar-refractivity contribution in [3.8, 4) is 0 Å². The molecule has 198 valence electrons. The van der Waals surface area contributed by atoms with Crippen LogP contribution in [0.1, 0.15) is 46.6 Å². The molecule has 12 atom stereocenters. The van der Waals surface area contributed by atoms with Gasteiger partial charge >= 0.3 is 5.97 Å². The number of nitrogens with one attached hydrogen (secondary N) is 1. The third-order valence-electron chi connectivity index (χ3n) is 10.1. The summed E-state index contributed by atoms with van der Waals surface area (Å²) in [6, 6.07) is 10.0. The van der Waals surface area contributed by atoms with Crippen molar-refractivity contribution >= 4 is 17.7 Å². The van der Waals surface area contributed by atoms with E-state index in [9.17, 15) is 14.4 Å². The summed E-state index contributed by atoms with van der Waals surface area (Å²) in [5.74, 6) is -1.35. The SMILES string of the molecule is CC(=O)O[C@@H]1[C@@H]2O[C@H]2[C@H](C)C(=O)C(C)C/C=C/[C@H]2[C@@H]3O[C@]3(C)C(C)[C@H]3[C@H](Cc4ccccc4)NC(=O)[C@@]123. The maximum Gasteiger partial charge on any atom is 0.303 e. The van der Waals surface area contributed by atoms with Crippen molar-refractivity contribution in [3.63, 3.8) is 0 Å². The molecule has 6 rings (SSSR count). The fourth-order valence-electron chi connectivity index (χ4n) is 8.01. The minimum Gasteiger partial charge on any atom is -0.458 e. The van der Waals surface area contributed by atoms with E-state index in [1.807, 2.05) is 38.1 Å². The Labute approximate surface area is 218 Å². The fraction of sp³-hybridized carbons (Fsp3) is 0.633. The van der Waals surface area contributed by atoms with Crippen molar-refractivity contribution in [3.05, 3.63) is 48.0 Å². The van der Waals surface area contributed by atoms with Crippen molar-refractivity contribution in [2.45, 2.75) is 83.5 Å². The zero-order valence-corrected chi connectivity index (χ0v) is 22.2. The van der Waals surface area contributed by atoms with Crippen LogP contribution in [-0.2, 0) is 35.0 Å². The zero-order chi connectivity index (χ0) is 26.3. The monoisotopic (exact) mass is 507 g/mol. The van der Waals surface area contributed by atoms with Crippen LogP contribution in [-0.4, -0.2) is 53.7 Å². The Balaban J connectivity index is 1.51. The number of rotatable bonds is 3. The first-order valence-corrected chi connectivity index (χ1v) is 13.7. The summed E-state index contributed by atoms with van der Waals surface area (Å²) in [4.78, 5) is 40.1. The number of hydrogen-bond donors (Lipinski definition) is 1. The number of epoxide rings is 2. The Morgan fingerprint density at radius 1 is 1.14 bits per heavy atom. The number of benzene rings is 1. The summed E-state index contributed by atoms with van der Waals surface area (Å²) in [5, 5.41) is 3.35. The lowest BCUT2D eigenvalue weighted by atomic mass is 9.50. The van der Waals surface area contributed by atoms with E-state index in [1.165, 1.54) is 6.92 Å². The normalized spacial score (nSPS) is 48.8. The van der Waals surface area contributed by atoms with E-state index in [4.69, 9.17) is 14.2 Å². The highest BCUT2D eigenvalue weighted by Gasteiger charge is 2.80. The van der Waals surface area contributed by atoms with E-state index in [1.54, 1.807) is 0 Å². The van der Waals surface area contributed by atoms with Gasteiger partial charge in [-0.25, -0.2) is 0 Å². The average Bonchev–Trinajstić information content (AvgIpc) is 3.76. The van der Waals surface area contributed by atoms with Crippen molar-refractivity contribution in [2.75, 3.05) is 0 Å². The molecule has 7 heteroatoms. The molecule has 5 aliphatic rings. The predicted molar refractivity (Wildman–Crippen MR) is 135 cm³/mol. The third kappa shape index (κ3) is 3.57. The summed E-state index contributed by atoms with van der Waals surface area (Å²) < 4.78 is 18.7. The lowest BCUT2D eigenvalue weighted by Gasteiger charge is -2.49. The van der Waals surface area contributed by atoms with Crippen LogP contribution in [0.25, 0.3) is 0 Å². The van der Waals surface area contributed by atoms with Gasteiger partial charge in [0.1, 0.15) is 23.4 Å². The molecule has 0 bridgehead atoms. The van der Waals surface area contributed by atoms with Crippen molar-refractivity contribution in [1.29, 1.82) is 0 Å². The molecular formula is C30H37NO6. The maximum atomic E-state index is 14.4. The molecule has 1 aromatic carbocycles. The fourth-order valence-corrected chi connectivity index (χ4v) is 8.01. The Kier molecular flexibility index (Phi) is 5.70. The molecule has 37 heavy (non-hydrogen) atoms. The molecule has 4 fully saturated rings. The molecule has 1 N–H and O–H groups in total. The number of hydrogen-bond acceptors (Lipinski definition) is 6. The molecule has 1 amide bonds. The zero-order valence-electron chi connectivity index (χ0n) is 22.2. The van der Waals surface area contributed by atoms with Gasteiger partial charge in [0.25, 0.3) is 0 Å². The van der Waals surface area contributed by atoms with Crippen LogP contribution in [0.15, 0.2) is 42.5 Å². The molecule has 7 nitrogen and oxygen atoms in total. The second kappa shape index (κ2) is 8.50. The van der Waals surface area contributed by atoms with Crippen molar-refractivity contribution in [2.24, 2.45) is 35.0 Å². The number of fused-ring (bicyclic) bond motifs is 3. The van der Waals surface area contributed by atoms with Gasteiger partial charge in [0.15, 0.2) is 0 Å². The standard InChI is InChI=1S/C30H37NO6/c1-15-10-9-13-20-26-29(5,37-26)17(3)22-21(14-19-11-7-6-8-12-19)31-28(34)30(20,22)27(35-18(4)32)25-24(36-25)16(2)23(15)33/h6-9,11-13,15-17,20-22,24-27H,10,14H2,1-5H3,(H,31,34)/b13-9+/t15?,16-,17?,20+,21+,22+,24+,25-,26+,27-,29-,30+/m1/s1. The lowest BCUT2D eigenvalue weighted by Crippen LogP contribution is -2.62. The van der Waals surface area contributed by atoms with E-state index in [2.05, 4.69) is 37.4 Å². The van der Waals surface area contributed by atoms with Gasteiger partial charge in [0.2, 0.25) is 5.91 Å². The highest BCUT2D eigenvalue weighted by Crippen LogP contribution is 2.68. The molecule has 1 saturated carbocycles. The number of allylic oxidation sites excluding steroid dienone is 1. The predicted octanol–water partition coefficient (Wildman–Crippen LogP) is 3.25. The van der Waals surface area contributed by atoms with Gasteiger partial charge in [0.05, 0.1) is 17.8 Å². The van der Waals surface area contributed by atoms with Gasteiger partial charge in [-0.3, -0.25) is 14.4 Å². The van der Waals surface area contributed by atoms with E-state index in [0.29, 0.717) is 12.8 Å². The number of ketones is 1. The summed E-state index contributed by atoms with van der Waals surface area (Å²) in [7, 11) is 0. The highest BCUT2D eigenvalue weighted by atomic mass is 16.6. The Morgan fingerprint density at radius 3 is 2.57 bits per heavy atom. The van der Waals surface area contributed by atoms with Crippen LogP contribution >= 0.6 is 0 Å². The average molecular weight is 508 g/mol. The van der Waals surface area contributed by atoms with E-state index >= 15 is 0 Å². The summed E-state index contributed by atoms with van der Waals surface area (Å²) in [6.07, 6.45) is 3.51. The minimum absolute atomic E-state index is 0.0353. The highest BCUT2D eigenvalue weighted by molar-refractivity contribution is 5.89. The largest absolute Gasteiger partial charge is 0.458 e. The topological polar surface area (TPSA) is 97.5 Å². The van der Waals surface area contributed by atoms with E-state index < -0.39 is 23.6 Å². The second-order valence-corrected chi connectivity index (χ2v) is 12.1. The van der Waals surface area contributed by atoms with Crippen LogP contribution in [0.3, 0.4) is 0 Å². The van der Waals surface area contributed by atoms with Gasteiger partial charge in [-0.05, 0) is 31.2 Å². The molecular weight excluding hydrogens is 470 g/mol. The van der Waals surface area contributed by atoms with Crippen LogP contribution < -0.4 is 5.32 Å². The number of amides is 1. The first kappa shape index (κ1) is 24.8. The number of carbonyl (C=O) groups excluding carboxylic acids is 3. The van der Waals surface area contributed by atoms with Crippen molar-refractivity contribution < 1.29 is 28.6 Å². The summed E-state index contributed by atoms with van der Waals surface area (Å²) in [5.41, 5.74) is -0.288. The Hall–Kier alpha value is -2.51. The number of esters is 1. The molecule has 1 spiro atoms. The second-order valence-electron chi connectivity index (χ2n) is 12.1. The number of Topliss-reactive ketones (excluding diaryl/α,β-unsaturated/α-hetero) is 1. The van der Waals surface area contributed by atoms with Gasteiger partial charge in [0, 0.05) is 36.6 Å². The quantitative estimate of drug-likeness (QED) is 0.383. The molecule has 2 unspecified atom stereocenters. The molecule has 0 aromatic heterocycles. The summed E-state index contributed by atoms with van der Waals surface area (Å²) in [6.45, 7) is 9.52. The smallest absolute Gasteiger partial charge is 0.303 e. The van der Waals surface area contributed by atoms with E-state index in [0.717, 1.165) is 5.56 Å². The number of carbonyl (C=O) groups is 3. The molecule has 2 aliphatic carbocycles. The third-order valence-corrected chi connectivity index (χ3v) is 10.1. The molecule has 0 radical (unpaired) electrons. The summed E-state index contributed by atoms with van der Waals surface area (Å²) >= 11 is 0. The van der Waals surface area contributed by atoms with Crippen LogP contribution in [0.5, 0.6) is 0 Å². The van der Waals surface area contributed by atoms with Gasteiger partial charge in [-0.2, -0.15) is 0 Å². The first-order chi connectivity index (χ1) is 17.6. The lowest BCUT2D eigenvalue weighted by molar-refractivity contribution is -0.171. The Morgan fingerprint density at radius 2 is 1.86 bits per heavy atom. The molecule has 1 aromatic rings. The molecule has 3 aliphatic heterocycles.